The van der Waals surface area contributed by atoms with Gasteiger partial charge in [-0.2, -0.15) is 0 Å². The quantitative estimate of drug-likeness (QED) is 0.524. The molecule has 0 atom stereocenters. The Morgan fingerprint density at radius 3 is 2.54 bits per heavy atom. The fraction of sp³-hybridized carbons (Fsp3) is 0.700. The zero-order valence-corrected chi connectivity index (χ0v) is 8.08. The van der Waals surface area contributed by atoms with E-state index in [0.29, 0.717) is 5.70 Å². The van der Waals surface area contributed by atoms with Crippen LogP contribution in [0, 0.1) is 0 Å². The van der Waals surface area contributed by atoms with E-state index in [1.807, 2.05) is 0 Å². The van der Waals surface area contributed by atoms with Gasteiger partial charge in [0, 0.05) is 11.8 Å². The average Bonchev–Trinajstić information content (AvgIpc) is 2.04. The van der Waals surface area contributed by atoms with Crippen LogP contribution in [0.1, 0.15) is 39.0 Å². The average molecular weight is 183 g/mol. The third-order valence-corrected chi connectivity index (χ3v) is 2.18. The van der Waals surface area contributed by atoms with Gasteiger partial charge in [0.25, 0.3) is 0 Å². The number of carbonyl (C=O) groups is 1. The van der Waals surface area contributed by atoms with Crippen LogP contribution < -0.4 is 5.73 Å². The minimum Gasteiger partial charge on any atom is -0.459 e. The Bertz CT molecular complexity index is 201. The molecule has 1 fully saturated rings. The highest BCUT2D eigenvalue weighted by atomic mass is 16.5. The molecule has 0 bridgehead atoms. The summed E-state index contributed by atoms with van der Waals surface area (Å²) in [5.74, 6) is -0.299. The molecule has 13 heavy (non-hydrogen) atoms. The molecule has 0 radical (unpaired) electrons. The Balaban J connectivity index is 2.30. The summed E-state index contributed by atoms with van der Waals surface area (Å²) in [6, 6.07) is 0. The molecule has 0 aliphatic heterocycles. The van der Waals surface area contributed by atoms with Gasteiger partial charge in [-0.05, 0) is 32.6 Å². The summed E-state index contributed by atoms with van der Waals surface area (Å²) >= 11 is 0. The maximum Gasteiger partial charge on any atom is 0.332 e. The SMILES string of the molecule is C/C(N)=C/C(=O)OC1CCCCC1. The zero-order chi connectivity index (χ0) is 9.68. The maximum absolute atomic E-state index is 11.1. The molecule has 0 aromatic carbocycles. The number of esters is 1. The summed E-state index contributed by atoms with van der Waals surface area (Å²) < 4.78 is 5.21. The van der Waals surface area contributed by atoms with E-state index in [1.165, 1.54) is 25.3 Å². The van der Waals surface area contributed by atoms with Gasteiger partial charge < -0.3 is 10.5 Å². The van der Waals surface area contributed by atoms with Gasteiger partial charge in [-0.15, -0.1) is 0 Å². The van der Waals surface area contributed by atoms with E-state index in [1.54, 1.807) is 6.92 Å². The highest BCUT2D eigenvalue weighted by Crippen LogP contribution is 2.20. The zero-order valence-electron chi connectivity index (χ0n) is 8.08. The number of nitrogens with two attached hydrogens (primary N) is 1. The molecule has 0 aromatic rings. The molecule has 74 valence electrons. The summed E-state index contributed by atoms with van der Waals surface area (Å²) in [7, 11) is 0. The number of hydrogen-bond acceptors (Lipinski definition) is 3. The first kappa shape index (κ1) is 10.1. The van der Waals surface area contributed by atoms with Crippen molar-refractivity contribution in [1.29, 1.82) is 0 Å². The molecule has 0 saturated heterocycles. The van der Waals surface area contributed by atoms with Crippen LogP contribution in [0.5, 0.6) is 0 Å². The molecule has 1 aliphatic carbocycles. The molecule has 1 rings (SSSR count). The Morgan fingerprint density at radius 2 is 2.00 bits per heavy atom. The van der Waals surface area contributed by atoms with Crippen LogP contribution in [-0.4, -0.2) is 12.1 Å². The van der Waals surface area contributed by atoms with E-state index >= 15 is 0 Å². The highest BCUT2D eigenvalue weighted by molar-refractivity contribution is 5.82. The summed E-state index contributed by atoms with van der Waals surface area (Å²) in [6.07, 6.45) is 7.07. The largest absolute Gasteiger partial charge is 0.459 e. The van der Waals surface area contributed by atoms with Crippen molar-refractivity contribution in [2.24, 2.45) is 5.73 Å². The Morgan fingerprint density at radius 1 is 1.38 bits per heavy atom. The normalized spacial score (nSPS) is 19.9. The lowest BCUT2D eigenvalue weighted by atomic mass is 9.98. The van der Waals surface area contributed by atoms with Gasteiger partial charge in [-0.3, -0.25) is 0 Å². The van der Waals surface area contributed by atoms with Crippen LogP contribution in [-0.2, 0) is 9.53 Å². The van der Waals surface area contributed by atoms with Crippen LogP contribution >= 0.6 is 0 Å². The van der Waals surface area contributed by atoms with Gasteiger partial charge in [0.1, 0.15) is 6.10 Å². The molecule has 3 heteroatoms. The number of rotatable bonds is 2. The van der Waals surface area contributed by atoms with Crippen molar-refractivity contribution in [3.8, 4) is 0 Å². The second-order valence-electron chi connectivity index (χ2n) is 3.59. The summed E-state index contributed by atoms with van der Waals surface area (Å²) in [6.45, 7) is 1.68. The minimum absolute atomic E-state index is 0.122. The molecule has 0 unspecified atom stereocenters. The van der Waals surface area contributed by atoms with Crippen molar-refractivity contribution in [2.45, 2.75) is 45.1 Å². The smallest absolute Gasteiger partial charge is 0.332 e. The molecule has 0 heterocycles. The fourth-order valence-electron chi connectivity index (χ4n) is 1.57. The molecule has 3 nitrogen and oxygen atoms in total. The van der Waals surface area contributed by atoms with Crippen molar-refractivity contribution in [3.63, 3.8) is 0 Å². The molecular formula is C10H17NO2. The molecular weight excluding hydrogens is 166 g/mol. The lowest BCUT2D eigenvalue weighted by Crippen LogP contribution is -2.20. The lowest BCUT2D eigenvalue weighted by Gasteiger charge is -2.20. The van der Waals surface area contributed by atoms with Crippen LogP contribution in [0.15, 0.2) is 11.8 Å². The third-order valence-electron chi connectivity index (χ3n) is 2.18. The van der Waals surface area contributed by atoms with Gasteiger partial charge in [0.15, 0.2) is 0 Å². The van der Waals surface area contributed by atoms with Crippen LogP contribution in [0.2, 0.25) is 0 Å². The van der Waals surface area contributed by atoms with Gasteiger partial charge in [0.05, 0.1) is 0 Å². The van der Waals surface area contributed by atoms with Crippen molar-refractivity contribution in [2.75, 3.05) is 0 Å². The Labute approximate surface area is 78.9 Å². The predicted octanol–water partition coefficient (Wildman–Crippen LogP) is 1.72. The standard InChI is InChI=1S/C10H17NO2/c1-8(11)7-10(12)13-9-5-3-2-4-6-9/h7,9H,2-6,11H2,1H3/b8-7-. The van der Waals surface area contributed by atoms with Crippen molar-refractivity contribution in [1.82, 2.24) is 0 Å². The summed E-state index contributed by atoms with van der Waals surface area (Å²) in [5.41, 5.74) is 5.86. The second kappa shape index (κ2) is 4.90. The first-order valence-corrected chi connectivity index (χ1v) is 4.83. The molecule has 1 saturated carbocycles. The van der Waals surface area contributed by atoms with Gasteiger partial charge in [0.2, 0.25) is 0 Å². The first-order valence-electron chi connectivity index (χ1n) is 4.83. The van der Waals surface area contributed by atoms with Gasteiger partial charge in [-0.25, -0.2) is 4.79 Å². The van der Waals surface area contributed by atoms with Crippen LogP contribution in [0.4, 0.5) is 0 Å². The van der Waals surface area contributed by atoms with E-state index in [2.05, 4.69) is 0 Å². The summed E-state index contributed by atoms with van der Waals surface area (Å²) in [4.78, 5) is 11.1. The van der Waals surface area contributed by atoms with Crippen molar-refractivity contribution in [3.05, 3.63) is 11.8 Å². The predicted molar refractivity (Wildman–Crippen MR) is 50.9 cm³/mol. The molecule has 0 aromatic heterocycles. The summed E-state index contributed by atoms with van der Waals surface area (Å²) in [5, 5.41) is 0. The monoisotopic (exact) mass is 183 g/mol. The van der Waals surface area contributed by atoms with Crippen LogP contribution in [0.25, 0.3) is 0 Å². The van der Waals surface area contributed by atoms with E-state index in [4.69, 9.17) is 10.5 Å². The van der Waals surface area contributed by atoms with Gasteiger partial charge in [-0.1, -0.05) is 6.42 Å². The Kier molecular flexibility index (Phi) is 3.80. The topological polar surface area (TPSA) is 52.3 Å². The number of carbonyl (C=O) groups excluding carboxylic acids is 1. The fourth-order valence-corrected chi connectivity index (χ4v) is 1.57. The number of ether oxygens (including phenoxy) is 1. The van der Waals surface area contributed by atoms with Crippen molar-refractivity contribution < 1.29 is 9.53 Å². The number of hydrogen-bond donors (Lipinski definition) is 1. The van der Waals surface area contributed by atoms with E-state index in [-0.39, 0.29) is 12.1 Å². The lowest BCUT2D eigenvalue weighted by molar-refractivity contribution is -0.144. The Hall–Kier alpha value is -0.990. The van der Waals surface area contributed by atoms with Gasteiger partial charge >= 0.3 is 5.97 Å². The molecule has 0 amide bonds. The van der Waals surface area contributed by atoms with Crippen molar-refractivity contribution >= 4 is 5.97 Å². The van der Waals surface area contributed by atoms with E-state index in [0.717, 1.165) is 12.8 Å². The molecule has 2 N–H and O–H groups in total. The molecule has 1 aliphatic rings. The molecule has 0 spiro atoms. The highest BCUT2D eigenvalue weighted by Gasteiger charge is 2.16. The first-order chi connectivity index (χ1) is 6.18. The third kappa shape index (κ3) is 3.97. The number of allylic oxidation sites excluding steroid dienone is 1. The van der Waals surface area contributed by atoms with Crippen LogP contribution in [0.3, 0.4) is 0 Å². The second-order valence-corrected chi connectivity index (χ2v) is 3.59. The maximum atomic E-state index is 11.1. The van der Waals surface area contributed by atoms with E-state index < -0.39 is 0 Å². The van der Waals surface area contributed by atoms with E-state index in [9.17, 15) is 4.79 Å². The minimum atomic E-state index is -0.299.